The van der Waals surface area contributed by atoms with Crippen LogP contribution in [0.1, 0.15) is 43.6 Å². The molecule has 156 valence electrons. The van der Waals surface area contributed by atoms with E-state index in [1.807, 2.05) is 6.07 Å². The standard InChI is InChI=1S/C21H27N3O5/c1-14(22-19(26)16-9-10-28-13-16)18(25)23-17-8-6-7-15(11-17)12-24(5)20(27)29-21(2,3)4/h6-11,13-14H,12H2,1-5H3,(H,22,26)(H,23,25). The van der Waals surface area contributed by atoms with Crippen molar-refractivity contribution in [3.63, 3.8) is 0 Å². The molecule has 0 saturated heterocycles. The fourth-order valence-corrected chi connectivity index (χ4v) is 2.42. The molecule has 2 rings (SSSR count). The lowest BCUT2D eigenvalue weighted by molar-refractivity contribution is -0.117. The van der Waals surface area contributed by atoms with Crippen molar-refractivity contribution in [2.45, 2.75) is 45.9 Å². The Labute approximate surface area is 170 Å². The zero-order valence-corrected chi connectivity index (χ0v) is 17.3. The Kier molecular flexibility index (Phi) is 7.03. The molecule has 29 heavy (non-hydrogen) atoms. The maximum Gasteiger partial charge on any atom is 0.410 e. The summed E-state index contributed by atoms with van der Waals surface area (Å²) in [5.41, 5.74) is 1.16. The number of anilines is 1. The average Bonchev–Trinajstić information content (AvgIpc) is 3.15. The minimum absolute atomic E-state index is 0.325. The molecule has 3 amide bonds. The Morgan fingerprint density at radius 1 is 1.21 bits per heavy atom. The highest BCUT2D eigenvalue weighted by atomic mass is 16.6. The van der Waals surface area contributed by atoms with Crippen molar-refractivity contribution < 1.29 is 23.5 Å². The summed E-state index contributed by atoms with van der Waals surface area (Å²) in [5, 5.41) is 5.37. The first kappa shape index (κ1) is 22.0. The number of carbonyl (C=O) groups is 3. The van der Waals surface area contributed by atoms with Gasteiger partial charge in [-0.15, -0.1) is 0 Å². The monoisotopic (exact) mass is 401 g/mol. The summed E-state index contributed by atoms with van der Waals surface area (Å²) in [6.07, 6.45) is 2.27. The molecule has 1 heterocycles. The van der Waals surface area contributed by atoms with E-state index in [2.05, 4.69) is 10.6 Å². The van der Waals surface area contributed by atoms with Crippen LogP contribution in [0.15, 0.2) is 47.3 Å². The molecule has 0 radical (unpaired) electrons. The number of rotatable bonds is 6. The van der Waals surface area contributed by atoms with Crippen LogP contribution < -0.4 is 10.6 Å². The summed E-state index contributed by atoms with van der Waals surface area (Å²) in [5.74, 6) is -0.756. The van der Waals surface area contributed by atoms with Crippen molar-refractivity contribution in [3.05, 3.63) is 54.0 Å². The maximum absolute atomic E-state index is 12.4. The van der Waals surface area contributed by atoms with E-state index < -0.39 is 23.6 Å². The summed E-state index contributed by atoms with van der Waals surface area (Å²) in [7, 11) is 1.65. The van der Waals surface area contributed by atoms with Crippen molar-refractivity contribution in [1.29, 1.82) is 0 Å². The van der Waals surface area contributed by atoms with Gasteiger partial charge in [0.25, 0.3) is 5.91 Å². The van der Waals surface area contributed by atoms with E-state index in [1.54, 1.807) is 52.9 Å². The van der Waals surface area contributed by atoms with E-state index in [1.165, 1.54) is 23.5 Å². The predicted octanol–water partition coefficient (Wildman–Crippen LogP) is 3.40. The Bertz CT molecular complexity index is 855. The van der Waals surface area contributed by atoms with Crippen LogP contribution in [0.4, 0.5) is 10.5 Å². The Morgan fingerprint density at radius 2 is 1.93 bits per heavy atom. The molecule has 8 nitrogen and oxygen atoms in total. The smallest absolute Gasteiger partial charge is 0.410 e. The Hall–Kier alpha value is -3.29. The summed E-state index contributed by atoms with van der Waals surface area (Å²) in [6.45, 7) is 7.34. The van der Waals surface area contributed by atoms with Gasteiger partial charge in [-0.25, -0.2) is 4.79 Å². The van der Waals surface area contributed by atoms with Gasteiger partial charge in [0.05, 0.1) is 11.8 Å². The number of carbonyl (C=O) groups excluding carboxylic acids is 3. The van der Waals surface area contributed by atoms with Gasteiger partial charge in [0.15, 0.2) is 0 Å². The van der Waals surface area contributed by atoms with Crippen LogP contribution >= 0.6 is 0 Å². The van der Waals surface area contributed by atoms with Gasteiger partial charge >= 0.3 is 6.09 Å². The molecule has 0 spiro atoms. The van der Waals surface area contributed by atoms with Crippen molar-refractivity contribution in [3.8, 4) is 0 Å². The zero-order valence-electron chi connectivity index (χ0n) is 17.3. The molecule has 0 aliphatic heterocycles. The second-order valence-corrected chi connectivity index (χ2v) is 7.73. The van der Waals surface area contributed by atoms with E-state index in [9.17, 15) is 14.4 Å². The fourth-order valence-electron chi connectivity index (χ4n) is 2.42. The van der Waals surface area contributed by atoms with Crippen molar-refractivity contribution in [2.75, 3.05) is 12.4 Å². The quantitative estimate of drug-likeness (QED) is 0.773. The highest BCUT2D eigenvalue weighted by Gasteiger charge is 2.20. The van der Waals surface area contributed by atoms with Crippen LogP contribution in [0, 0.1) is 0 Å². The second-order valence-electron chi connectivity index (χ2n) is 7.73. The van der Waals surface area contributed by atoms with Crippen LogP contribution in [0.5, 0.6) is 0 Å². The van der Waals surface area contributed by atoms with E-state index in [0.29, 0.717) is 17.8 Å². The van der Waals surface area contributed by atoms with Gasteiger partial charge in [-0.05, 0) is 51.5 Å². The second kappa shape index (κ2) is 9.27. The average molecular weight is 401 g/mol. The van der Waals surface area contributed by atoms with Crippen molar-refractivity contribution in [2.24, 2.45) is 0 Å². The lowest BCUT2D eigenvalue weighted by Crippen LogP contribution is -2.41. The number of nitrogens with one attached hydrogen (secondary N) is 2. The van der Waals surface area contributed by atoms with Crippen molar-refractivity contribution >= 4 is 23.6 Å². The fraction of sp³-hybridized carbons (Fsp3) is 0.381. The van der Waals surface area contributed by atoms with E-state index in [-0.39, 0.29) is 5.91 Å². The molecule has 2 aromatic rings. The molecular formula is C21H27N3O5. The molecule has 1 atom stereocenters. The number of furan rings is 1. The van der Waals surface area contributed by atoms with Gasteiger partial charge in [-0.3, -0.25) is 9.59 Å². The summed E-state index contributed by atoms with van der Waals surface area (Å²) in [6, 6.07) is 7.90. The normalized spacial score (nSPS) is 12.0. The first-order valence-corrected chi connectivity index (χ1v) is 9.22. The van der Waals surface area contributed by atoms with E-state index in [4.69, 9.17) is 9.15 Å². The first-order valence-electron chi connectivity index (χ1n) is 9.22. The topological polar surface area (TPSA) is 101 Å². The summed E-state index contributed by atoms with van der Waals surface area (Å²) >= 11 is 0. The Balaban J connectivity index is 1.93. The first-order chi connectivity index (χ1) is 13.5. The van der Waals surface area contributed by atoms with E-state index in [0.717, 1.165) is 5.56 Å². The zero-order chi connectivity index (χ0) is 21.6. The van der Waals surface area contributed by atoms with Gasteiger partial charge in [-0.1, -0.05) is 12.1 Å². The lowest BCUT2D eigenvalue weighted by atomic mass is 10.2. The SMILES string of the molecule is CC(NC(=O)c1ccoc1)C(=O)Nc1cccc(CN(C)C(=O)OC(C)(C)C)c1. The van der Waals surface area contributed by atoms with Crippen LogP contribution in [-0.2, 0) is 16.1 Å². The highest BCUT2D eigenvalue weighted by Crippen LogP contribution is 2.15. The number of hydrogen-bond acceptors (Lipinski definition) is 5. The molecule has 0 saturated carbocycles. The molecule has 0 aliphatic rings. The number of ether oxygens (including phenoxy) is 1. The van der Waals surface area contributed by atoms with Gasteiger partial charge in [0.1, 0.15) is 17.9 Å². The number of benzene rings is 1. The third kappa shape index (κ3) is 6.99. The van der Waals surface area contributed by atoms with Gasteiger partial charge in [-0.2, -0.15) is 0 Å². The van der Waals surface area contributed by atoms with Crippen LogP contribution in [0.25, 0.3) is 0 Å². The Morgan fingerprint density at radius 3 is 2.55 bits per heavy atom. The lowest BCUT2D eigenvalue weighted by Gasteiger charge is -2.24. The van der Waals surface area contributed by atoms with Crippen LogP contribution in [-0.4, -0.2) is 41.5 Å². The molecule has 0 bridgehead atoms. The largest absolute Gasteiger partial charge is 0.472 e. The minimum atomic E-state index is -0.745. The predicted molar refractivity (Wildman–Crippen MR) is 108 cm³/mol. The van der Waals surface area contributed by atoms with Crippen molar-refractivity contribution in [1.82, 2.24) is 10.2 Å². The number of hydrogen-bond donors (Lipinski definition) is 2. The summed E-state index contributed by atoms with van der Waals surface area (Å²) in [4.78, 5) is 38.0. The minimum Gasteiger partial charge on any atom is -0.472 e. The van der Waals surface area contributed by atoms with Gasteiger partial charge in [0.2, 0.25) is 5.91 Å². The van der Waals surface area contributed by atoms with Crippen LogP contribution in [0.3, 0.4) is 0 Å². The molecule has 1 aromatic carbocycles. The summed E-state index contributed by atoms with van der Waals surface area (Å²) < 4.78 is 10.2. The van der Waals surface area contributed by atoms with Crippen LogP contribution in [0.2, 0.25) is 0 Å². The molecule has 0 fully saturated rings. The third-order valence-electron chi connectivity index (χ3n) is 3.84. The molecule has 1 unspecified atom stereocenters. The molecule has 1 aromatic heterocycles. The highest BCUT2D eigenvalue weighted by molar-refractivity contribution is 6.00. The molecule has 8 heteroatoms. The van der Waals surface area contributed by atoms with Gasteiger partial charge < -0.3 is 24.7 Å². The maximum atomic E-state index is 12.4. The van der Waals surface area contributed by atoms with E-state index >= 15 is 0 Å². The number of amides is 3. The third-order valence-corrected chi connectivity index (χ3v) is 3.84. The van der Waals surface area contributed by atoms with Gasteiger partial charge in [0, 0.05) is 19.3 Å². The molecule has 2 N–H and O–H groups in total. The number of nitrogens with zero attached hydrogens (tertiary/aromatic N) is 1. The molecular weight excluding hydrogens is 374 g/mol. The molecule has 0 aliphatic carbocycles.